The van der Waals surface area contributed by atoms with E-state index in [0.29, 0.717) is 56.1 Å². The molecule has 13 heteroatoms. The van der Waals surface area contributed by atoms with E-state index in [1.165, 1.54) is 4.90 Å². The van der Waals surface area contributed by atoms with Gasteiger partial charge in [-0.2, -0.15) is 10.2 Å². The molecule has 0 aliphatic heterocycles. The predicted molar refractivity (Wildman–Crippen MR) is 236 cm³/mol. The molecule has 5 N–H and O–H groups in total. The van der Waals surface area contributed by atoms with Crippen LogP contribution in [0.15, 0.2) is 168 Å². The van der Waals surface area contributed by atoms with Crippen molar-refractivity contribution in [2.24, 2.45) is 10.2 Å². The van der Waals surface area contributed by atoms with Crippen LogP contribution in [0.5, 0.6) is 17.2 Å². The Morgan fingerprint density at radius 2 is 1.08 bits per heavy atom. The average Bonchev–Trinajstić information content (AvgIpc) is 3.55. The van der Waals surface area contributed by atoms with Crippen molar-refractivity contribution >= 4 is 85.4 Å². The average molecular weight is 834 g/mol. The number of aromatic hydroxyl groups is 2. The van der Waals surface area contributed by atoms with Crippen LogP contribution in [-0.4, -0.2) is 29.1 Å². The number of hydrogen-bond acceptors (Lipinski definition) is 10. The van der Waals surface area contributed by atoms with Crippen LogP contribution in [0.25, 0.3) is 32.7 Å². The van der Waals surface area contributed by atoms with Gasteiger partial charge in [0.15, 0.2) is 24.0 Å². The van der Waals surface area contributed by atoms with Crippen LogP contribution in [0.4, 0.5) is 28.4 Å². The van der Waals surface area contributed by atoms with E-state index >= 15 is 0 Å². The topological polar surface area (TPSA) is 172 Å². The van der Waals surface area contributed by atoms with Crippen molar-refractivity contribution in [3.05, 3.63) is 179 Å². The van der Waals surface area contributed by atoms with E-state index in [0.717, 1.165) is 38.4 Å². The van der Waals surface area contributed by atoms with E-state index in [1.54, 1.807) is 84.9 Å². The molecule has 0 saturated heterocycles. The smallest absolute Gasteiger partial charge is 0.218 e. The lowest BCUT2D eigenvalue weighted by Crippen LogP contribution is -2.14. The number of nitrogens with one attached hydrogen (secondary N) is 3. The zero-order valence-corrected chi connectivity index (χ0v) is 33.0. The summed E-state index contributed by atoms with van der Waals surface area (Å²) < 4.78 is 5.58. The third-order valence-corrected chi connectivity index (χ3v) is 10.2. The van der Waals surface area contributed by atoms with E-state index in [9.17, 15) is 19.8 Å². The molecule has 60 heavy (non-hydrogen) atoms. The summed E-state index contributed by atoms with van der Waals surface area (Å²) in [5.41, 5.74) is 19.4. The number of phenolic OH excluding ortho intramolecular Hbond substituents is 2. The lowest BCUT2D eigenvalue weighted by atomic mass is 10.1. The molecule has 1 amide bonds. The van der Waals surface area contributed by atoms with E-state index in [-0.39, 0.29) is 24.0 Å². The van der Waals surface area contributed by atoms with Gasteiger partial charge < -0.3 is 20.3 Å². The minimum Gasteiger partial charge on any atom is -0.506 e. The van der Waals surface area contributed by atoms with E-state index in [1.807, 2.05) is 72.8 Å². The molecular formula is C47H34Cl2N6O5. The van der Waals surface area contributed by atoms with Crippen molar-refractivity contribution in [2.45, 2.75) is 0 Å². The molecule has 0 unspecified atom stereocenters. The fraction of sp³-hybridized carbons (Fsp3) is 0.0213. The van der Waals surface area contributed by atoms with Gasteiger partial charge in [-0.1, -0.05) is 108 Å². The second kappa shape index (κ2) is 18.3. The molecule has 1 aliphatic rings. The number of ether oxygens (including phenoxy) is 1. The standard InChI is InChI=1S/C17H14ClNO2.C17H12ClNO2.C13H8N4O/c18-14-7-3-4-8-15(14)19-11-21-17-10-13-6-2-1-5-12(13)9-16(17)20;18-14-7-3-4-8-15(14)19(11-20)16-9-12-5-1-2-6-13(12)10-17(16)21;14-16-7-1-3-9-10-4-2-8(17-15)6-12(10)13(18)11(9)5-7/h1-10,19-20H,11H2;1-11,21H;1-6,14-15H. The van der Waals surface area contributed by atoms with Crippen LogP contribution in [0.1, 0.15) is 15.9 Å². The SMILES string of the molecule is N=Nc1ccc2c(c1)C(=O)c1cc(N=N)ccc1-2.O=CN(c1cc2ccccc2cc1O)c1ccccc1Cl.Oc1cc2ccccc2cc1OCNc1ccccc1Cl. The van der Waals surface area contributed by atoms with Crippen molar-refractivity contribution in [3.63, 3.8) is 0 Å². The number of carbonyl (C=O) groups excluding carboxylic acids is 2. The summed E-state index contributed by atoms with van der Waals surface area (Å²) in [6.07, 6.45) is 0.644. The van der Waals surface area contributed by atoms with Gasteiger partial charge in [0.25, 0.3) is 0 Å². The van der Waals surface area contributed by atoms with Gasteiger partial charge in [0.05, 0.1) is 38.5 Å². The zero-order chi connectivity index (χ0) is 42.2. The van der Waals surface area contributed by atoms with Gasteiger partial charge in [0, 0.05) is 11.1 Å². The van der Waals surface area contributed by atoms with Crippen LogP contribution in [0, 0.1) is 11.1 Å². The van der Waals surface area contributed by atoms with Crippen LogP contribution < -0.4 is 15.0 Å². The fourth-order valence-electron chi connectivity index (χ4n) is 6.61. The number of para-hydroxylation sites is 2. The molecule has 296 valence electrons. The molecule has 0 fully saturated rings. The zero-order valence-electron chi connectivity index (χ0n) is 31.5. The summed E-state index contributed by atoms with van der Waals surface area (Å²) in [6, 6.07) is 47.0. The summed E-state index contributed by atoms with van der Waals surface area (Å²) in [7, 11) is 0. The van der Waals surface area contributed by atoms with Crippen molar-refractivity contribution in [1.29, 1.82) is 11.1 Å². The van der Waals surface area contributed by atoms with Gasteiger partial charge >= 0.3 is 0 Å². The maximum atomic E-state index is 12.2. The van der Waals surface area contributed by atoms with E-state index in [4.69, 9.17) is 39.0 Å². The maximum absolute atomic E-state index is 12.2. The monoisotopic (exact) mass is 832 g/mol. The summed E-state index contributed by atoms with van der Waals surface area (Å²) in [5.74, 6) is 0.486. The fourth-order valence-corrected chi connectivity index (χ4v) is 7.04. The summed E-state index contributed by atoms with van der Waals surface area (Å²) >= 11 is 12.2. The number of anilines is 3. The number of carbonyl (C=O) groups is 2. The highest BCUT2D eigenvalue weighted by Gasteiger charge is 2.27. The molecule has 0 atom stereocenters. The lowest BCUT2D eigenvalue weighted by molar-refractivity contribution is -0.106. The van der Waals surface area contributed by atoms with Crippen molar-refractivity contribution in [1.82, 2.24) is 0 Å². The van der Waals surface area contributed by atoms with Gasteiger partial charge in [-0.05, 0) is 105 Å². The number of hydrogen-bond donors (Lipinski definition) is 5. The van der Waals surface area contributed by atoms with E-state index < -0.39 is 0 Å². The summed E-state index contributed by atoms with van der Waals surface area (Å²) in [6.45, 7) is 0.218. The van der Waals surface area contributed by atoms with Gasteiger partial charge in [-0.25, -0.2) is 11.1 Å². The Hall–Kier alpha value is -7.60. The molecule has 9 rings (SSSR count). The van der Waals surface area contributed by atoms with Crippen molar-refractivity contribution in [3.8, 4) is 28.4 Å². The van der Waals surface area contributed by atoms with Gasteiger partial charge in [-0.3, -0.25) is 14.5 Å². The number of fused-ring (bicyclic) bond motifs is 5. The number of phenols is 2. The van der Waals surface area contributed by atoms with Crippen LogP contribution in [-0.2, 0) is 4.79 Å². The second-order valence-electron chi connectivity index (χ2n) is 13.2. The van der Waals surface area contributed by atoms with Crippen LogP contribution in [0.2, 0.25) is 10.0 Å². The molecule has 8 aromatic rings. The highest BCUT2D eigenvalue weighted by molar-refractivity contribution is 6.34. The Labute approximate surface area is 354 Å². The highest BCUT2D eigenvalue weighted by atomic mass is 35.5. The quantitative estimate of drug-likeness (QED) is 0.0550. The predicted octanol–water partition coefficient (Wildman–Crippen LogP) is 13.4. The molecule has 11 nitrogen and oxygen atoms in total. The summed E-state index contributed by atoms with van der Waals surface area (Å²) in [5, 5.41) is 34.8. The number of ketones is 1. The molecule has 0 saturated carbocycles. The van der Waals surface area contributed by atoms with Crippen molar-refractivity contribution in [2.75, 3.05) is 16.9 Å². The number of benzene rings is 8. The first-order valence-corrected chi connectivity index (χ1v) is 19.1. The normalized spacial score (nSPS) is 10.9. The Balaban J connectivity index is 0.000000137. The van der Waals surface area contributed by atoms with Gasteiger partial charge in [-0.15, -0.1) is 0 Å². The Bertz CT molecular complexity index is 2870. The molecule has 1 aliphatic carbocycles. The van der Waals surface area contributed by atoms with E-state index in [2.05, 4.69) is 15.5 Å². The second-order valence-corrected chi connectivity index (χ2v) is 14.1. The molecular weight excluding hydrogens is 799 g/mol. The third-order valence-electron chi connectivity index (χ3n) is 9.56. The van der Waals surface area contributed by atoms with Crippen LogP contribution in [0.3, 0.4) is 0 Å². The molecule has 0 radical (unpaired) electrons. The number of amides is 1. The van der Waals surface area contributed by atoms with Crippen LogP contribution >= 0.6 is 23.2 Å². The lowest BCUT2D eigenvalue weighted by Gasteiger charge is -2.20. The first-order chi connectivity index (χ1) is 29.2. The van der Waals surface area contributed by atoms with Crippen molar-refractivity contribution < 1.29 is 24.5 Å². The first-order valence-electron chi connectivity index (χ1n) is 18.3. The molecule has 0 aromatic heterocycles. The minimum atomic E-state index is -0.101. The molecule has 8 aromatic carbocycles. The maximum Gasteiger partial charge on any atom is 0.218 e. The largest absolute Gasteiger partial charge is 0.506 e. The molecule has 0 bridgehead atoms. The first kappa shape index (κ1) is 40.6. The Kier molecular flexibility index (Phi) is 12.4. The Morgan fingerprint density at radius 1 is 0.583 bits per heavy atom. The van der Waals surface area contributed by atoms with Gasteiger partial charge in [0.1, 0.15) is 5.75 Å². The number of halogens is 2. The molecule has 0 spiro atoms. The summed E-state index contributed by atoms with van der Waals surface area (Å²) in [4.78, 5) is 25.1. The molecule has 0 heterocycles. The van der Waals surface area contributed by atoms with Gasteiger partial charge in [0.2, 0.25) is 6.41 Å². The highest BCUT2D eigenvalue weighted by Crippen LogP contribution is 2.41. The number of rotatable bonds is 9. The number of nitrogens with zero attached hydrogens (tertiary/aromatic N) is 3. The third kappa shape index (κ3) is 8.77. The minimum absolute atomic E-state index is 0.0284. The Morgan fingerprint density at radius 3 is 1.63 bits per heavy atom.